The van der Waals surface area contributed by atoms with Crippen molar-refractivity contribution in [2.45, 2.75) is 54.3 Å². The van der Waals surface area contributed by atoms with Crippen molar-refractivity contribution in [2.75, 3.05) is 58.6 Å². The van der Waals surface area contributed by atoms with Gasteiger partial charge in [-0.05, 0) is 83.4 Å². The lowest BCUT2D eigenvalue weighted by Crippen LogP contribution is -2.36. The fraction of sp³-hybridized carbons (Fsp3) is 0.353. The predicted molar refractivity (Wildman–Crippen MR) is 200 cm³/mol. The minimum atomic E-state index is -0.508. The summed E-state index contributed by atoms with van der Waals surface area (Å²) < 4.78 is 0. The summed E-state index contributed by atoms with van der Waals surface area (Å²) in [5.74, 6) is 1.84. The van der Waals surface area contributed by atoms with Crippen molar-refractivity contribution in [3.8, 4) is 0 Å². The molecule has 14 nitrogen and oxygen atoms in total. The Bertz CT molecular complexity index is 1670. The van der Waals surface area contributed by atoms with E-state index in [-0.39, 0.29) is 17.9 Å². The zero-order chi connectivity index (χ0) is 35.8. The number of aryl methyl sites for hydroxylation is 4. The molecule has 0 unspecified atom stereocenters. The molecule has 0 saturated carbocycles. The normalized spacial score (nSPS) is 10.4. The van der Waals surface area contributed by atoms with Gasteiger partial charge >= 0.3 is 19.1 Å². The van der Waals surface area contributed by atoms with Crippen LogP contribution in [0.25, 0.3) is 0 Å². The molecule has 49 heavy (non-hydrogen) atoms. The summed E-state index contributed by atoms with van der Waals surface area (Å²) in [7, 11) is 1.33. The number of nitrogens with one attached hydrogen (secondary N) is 6. The van der Waals surface area contributed by atoms with Gasteiger partial charge in [0.2, 0.25) is 11.9 Å². The third kappa shape index (κ3) is 14.6. The van der Waals surface area contributed by atoms with E-state index < -0.39 is 13.1 Å². The van der Waals surface area contributed by atoms with Crippen molar-refractivity contribution >= 4 is 54.0 Å². The van der Waals surface area contributed by atoms with Gasteiger partial charge in [-0.15, -0.1) is 0 Å². The molecule has 7 N–H and O–H groups in total. The van der Waals surface area contributed by atoms with Gasteiger partial charge in [-0.2, -0.15) is 9.97 Å². The van der Waals surface area contributed by atoms with Crippen molar-refractivity contribution in [1.82, 2.24) is 24.7 Å². The van der Waals surface area contributed by atoms with Gasteiger partial charge in [-0.1, -0.05) is 37.6 Å². The number of hydrogen-bond donors (Lipinski definition) is 7. The van der Waals surface area contributed by atoms with E-state index in [4.69, 9.17) is 0 Å². The average Bonchev–Trinajstić information content (AvgIpc) is 3.01. The maximum Gasteiger partial charge on any atom is 0.376 e. The van der Waals surface area contributed by atoms with Gasteiger partial charge in [0, 0.05) is 54.5 Å². The van der Waals surface area contributed by atoms with Crippen molar-refractivity contribution in [1.29, 1.82) is 0 Å². The lowest BCUT2D eigenvalue weighted by molar-refractivity contribution is 0.261. The second-order valence-corrected chi connectivity index (χ2v) is 11.7. The van der Waals surface area contributed by atoms with Crippen LogP contribution in [-0.2, 0) is 0 Å². The molecule has 0 aliphatic carbocycles. The smallest absolute Gasteiger partial charge is 0.376 e. The van der Waals surface area contributed by atoms with E-state index in [1.165, 1.54) is 0 Å². The van der Waals surface area contributed by atoms with E-state index in [2.05, 4.69) is 58.8 Å². The van der Waals surface area contributed by atoms with Crippen LogP contribution in [0.5, 0.6) is 0 Å². The van der Waals surface area contributed by atoms with Crippen LogP contribution in [0.2, 0.25) is 6.82 Å². The predicted octanol–water partition coefficient (Wildman–Crippen LogP) is 6.14. The first-order chi connectivity index (χ1) is 23.4. The Labute approximate surface area is 289 Å². The SMILES string of the molecule is CB(O)N(C)CCNc1cc(C)nc(NC(=O)Nc2cccc(C)c2)n1.CCCCNc1cc(C)nc(NC(=O)Nc2cccc(C)c2)n1. The van der Waals surface area contributed by atoms with E-state index in [0.717, 1.165) is 53.4 Å². The quantitative estimate of drug-likeness (QED) is 0.0645. The number of amides is 4. The number of nitrogens with zero attached hydrogens (tertiary/aromatic N) is 5. The van der Waals surface area contributed by atoms with Crippen molar-refractivity contribution in [3.05, 3.63) is 83.2 Å². The summed E-state index contributed by atoms with van der Waals surface area (Å²) in [6, 6.07) is 18.0. The van der Waals surface area contributed by atoms with E-state index in [1.54, 1.807) is 17.7 Å². The highest BCUT2D eigenvalue weighted by Gasteiger charge is 2.11. The number of benzene rings is 2. The Balaban J connectivity index is 0.000000267. The Morgan fingerprint density at radius 1 is 0.714 bits per heavy atom. The van der Waals surface area contributed by atoms with Gasteiger partial charge in [0.1, 0.15) is 11.6 Å². The molecule has 260 valence electrons. The molecule has 4 rings (SSSR count). The maximum atomic E-state index is 12.1. The molecule has 2 aromatic carbocycles. The van der Waals surface area contributed by atoms with Crippen LogP contribution in [0.15, 0.2) is 60.7 Å². The van der Waals surface area contributed by atoms with Gasteiger partial charge in [0.15, 0.2) is 0 Å². The van der Waals surface area contributed by atoms with Crippen molar-refractivity contribution in [3.63, 3.8) is 0 Å². The summed E-state index contributed by atoms with van der Waals surface area (Å²) in [4.78, 5) is 43.1. The topological polar surface area (TPSA) is 181 Å². The monoisotopic (exact) mass is 669 g/mol. The van der Waals surface area contributed by atoms with E-state index in [0.29, 0.717) is 24.6 Å². The standard InChI is InChI=1S/C17H25BN6O2.C17H23N5O/c1-12-6-5-7-14(10-12)21-17(25)23-16-20-13(2)11-15(22-16)19-8-9-24(4)18(3)26;1-4-5-9-18-15-11-13(3)19-16(21-15)22-17(23)20-14-8-6-7-12(2)10-14/h5-7,10-11,26H,8-9H2,1-4H3,(H3,19,20,21,22,23,25);6-8,10-11H,4-5,9H2,1-3H3,(H3,18,19,20,21,22,23). The fourth-order valence-electron chi connectivity index (χ4n) is 4.34. The molecule has 0 saturated heterocycles. The molecule has 4 aromatic rings. The molecule has 0 radical (unpaired) electrons. The highest BCUT2D eigenvalue weighted by Crippen LogP contribution is 2.14. The molecule has 2 aromatic heterocycles. The van der Waals surface area contributed by atoms with Crippen LogP contribution in [0, 0.1) is 27.7 Å². The molecule has 0 aliphatic heterocycles. The molecule has 0 aliphatic rings. The first kappa shape index (κ1) is 38.2. The third-order valence-electron chi connectivity index (χ3n) is 6.96. The summed E-state index contributed by atoms with van der Waals surface area (Å²) in [5, 5.41) is 26.7. The molecule has 0 spiro atoms. The fourth-order valence-corrected chi connectivity index (χ4v) is 4.34. The molecule has 0 fully saturated rings. The Morgan fingerprint density at radius 3 is 1.61 bits per heavy atom. The molecule has 0 atom stereocenters. The Hall–Kier alpha value is -5.28. The lowest BCUT2D eigenvalue weighted by Gasteiger charge is -2.17. The molecule has 0 bridgehead atoms. The largest absolute Gasteiger partial charge is 0.437 e. The van der Waals surface area contributed by atoms with Gasteiger partial charge < -0.3 is 31.1 Å². The van der Waals surface area contributed by atoms with E-state index in [1.807, 2.05) is 89.3 Å². The molecule has 15 heteroatoms. The van der Waals surface area contributed by atoms with Crippen molar-refractivity contribution in [2.24, 2.45) is 0 Å². The highest BCUT2D eigenvalue weighted by atomic mass is 16.2. The minimum Gasteiger partial charge on any atom is -0.437 e. The lowest BCUT2D eigenvalue weighted by atomic mass is 9.86. The number of rotatable bonds is 13. The van der Waals surface area contributed by atoms with Crippen LogP contribution in [0.3, 0.4) is 0 Å². The van der Waals surface area contributed by atoms with Gasteiger partial charge in [-0.25, -0.2) is 19.6 Å². The number of carbonyl (C=O) groups excluding carboxylic acids is 2. The molecule has 2 heterocycles. The zero-order valence-corrected chi connectivity index (χ0v) is 29.4. The minimum absolute atomic E-state index is 0.224. The molecular formula is C34H48BN11O3. The van der Waals surface area contributed by atoms with Crippen LogP contribution in [0.1, 0.15) is 42.3 Å². The van der Waals surface area contributed by atoms with Gasteiger partial charge in [0.05, 0.1) is 0 Å². The van der Waals surface area contributed by atoms with Crippen LogP contribution in [0.4, 0.5) is 44.5 Å². The van der Waals surface area contributed by atoms with Crippen LogP contribution in [-0.4, -0.2) is 75.6 Å². The zero-order valence-electron chi connectivity index (χ0n) is 29.4. The van der Waals surface area contributed by atoms with Crippen LogP contribution >= 0.6 is 0 Å². The second-order valence-electron chi connectivity index (χ2n) is 11.7. The number of likely N-dealkylation sites (N-methyl/N-ethyl adjacent to an activating group) is 1. The van der Waals surface area contributed by atoms with Gasteiger partial charge in [-0.3, -0.25) is 10.6 Å². The maximum absolute atomic E-state index is 12.1. The Morgan fingerprint density at radius 2 is 1.18 bits per heavy atom. The number of aromatic nitrogens is 4. The number of carbonyl (C=O) groups is 2. The molecule has 4 amide bonds. The van der Waals surface area contributed by atoms with E-state index >= 15 is 0 Å². The van der Waals surface area contributed by atoms with Gasteiger partial charge in [0.25, 0.3) is 0 Å². The first-order valence-electron chi connectivity index (χ1n) is 16.3. The number of anilines is 6. The summed E-state index contributed by atoms with van der Waals surface area (Å²) in [6.45, 7) is 13.6. The van der Waals surface area contributed by atoms with Crippen LogP contribution < -0.4 is 31.9 Å². The second kappa shape index (κ2) is 19.5. The molecular weight excluding hydrogens is 621 g/mol. The third-order valence-corrected chi connectivity index (χ3v) is 6.96. The first-order valence-corrected chi connectivity index (χ1v) is 16.3. The summed E-state index contributed by atoms with van der Waals surface area (Å²) >= 11 is 0. The Kier molecular flexibility index (Phi) is 15.2. The summed E-state index contributed by atoms with van der Waals surface area (Å²) in [6.07, 6.45) is 2.18. The number of hydrogen-bond acceptors (Lipinski definition) is 10. The number of unbranched alkanes of at least 4 members (excludes halogenated alkanes) is 1. The van der Waals surface area contributed by atoms with E-state index in [9.17, 15) is 14.6 Å². The highest BCUT2D eigenvalue weighted by molar-refractivity contribution is 6.45. The summed E-state index contributed by atoms with van der Waals surface area (Å²) in [5.41, 5.74) is 5.11. The van der Waals surface area contributed by atoms with Crippen molar-refractivity contribution < 1.29 is 14.6 Å². The average molecular weight is 670 g/mol. The number of urea groups is 2.